The summed E-state index contributed by atoms with van der Waals surface area (Å²) in [6.45, 7) is 0. The quantitative estimate of drug-likeness (QED) is 0.595. The van der Waals surface area contributed by atoms with Crippen LogP contribution in [0.15, 0.2) is 59.2 Å². The number of amidine groups is 1. The number of rotatable bonds is 2. The van der Waals surface area contributed by atoms with Gasteiger partial charge >= 0.3 is 12.4 Å². The number of aliphatic imine (C=N–C) groups is 1. The van der Waals surface area contributed by atoms with Crippen LogP contribution in [0.5, 0.6) is 0 Å². The average molecular weight is 384 g/mol. The van der Waals surface area contributed by atoms with Gasteiger partial charge in [0.2, 0.25) is 0 Å². The van der Waals surface area contributed by atoms with E-state index in [-0.39, 0.29) is 17.6 Å². The van der Waals surface area contributed by atoms with Crippen LogP contribution in [-0.2, 0) is 17.1 Å². The second-order valence-corrected chi connectivity index (χ2v) is 5.65. The average Bonchev–Trinajstić information content (AvgIpc) is 2.95. The zero-order valence-electron chi connectivity index (χ0n) is 13.3. The van der Waals surface area contributed by atoms with Crippen molar-refractivity contribution >= 4 is 17.8 Å². The molecule has 140 valence electrons. The molecule has 0 spiro atoms. The van der Waals surface area contributed by atoms with Crippen LogP contribution in [0.2, 0.25) is 0 Å². The molecule has 0 aliphatic carbocycles. The molecule has 3 nitrogen and oxygen atoms in total. The third-order valence-electron chi connectivity index (χ3n) is 3.66. The predicted molar refractivity (Wildman–Crippen MR) is 85.5 cm³/mol. The normalized spacial score (nSPS) is 16.4. The Kier molecular flexibility index (Phi) is 4.54. The van der Waals surface area contributed by atoms with Crippen molar-refractivity contribution in [2.24, 2.45) is 4.99 Å². The molecule has 1 aliphatic rings. The fourth-order valence-corrected chi connectivity index (χ4v) is 2.40. The van der Waals surface area contributed by atoms with E-state index in [1.54, 1.807) is 30.3 Å². The van der Waals surface area contributed by atoms with E-state index in [1.807, 2.05) is 0 Å². The number of hydrogen-bond acceptors (Lipinski definition) is 2. The Morgan fingerprint density at radius 2 is 1.41 bits per heavy atom. The van der Waals surface area contributed by atoms with Crippen LogP contribution in [-0.4, -0.2) is 11.7 Å². The second kappa shape index (κ2) is 6.57. The smallest absolute Gasteiger partial charge is 0.305 e. The second-order valence-electron chi connectivity index (χ2n) is 5.65. The van der Waals surface area contributed by atoms with Gasteiger partial charge in [0, 0.05) is 5.56 Å². The van der Waals surface area contributed by atoms with E-state index in [2.05, 4.69) is 10.3 Å². The first kappa shape index (κ1) is 18.7. The third-order valence-corrected chi connectivity index (χ3v) is 3.66. The topological polar surface area (TPSA) is 41.5 Å². The molecule has 9 heteroatoms. The summed E-state index contributed by atoms with van der Waals surface area (Å²) in [4.78, 5) is 15.9. The fraction of sp³-hybridized carbons (Fsp3) is 0.111. The Bertz CT molecular complexity index is 910. The lowest BCUT2D eigenvalue weighted by molar-refractivity contribution is -0.143. The van der Waals surface area contributed by atoms with Gasteiger partial charge < -0.3 is 5.32 Å². The molecular weight excluding hydrogens is 374 g/mol. The maximum Gasteiger partial charge on any atom is 0.416 e. The third kappa shape index (κ3) is 4.18. The molecule has 1 aliphatic heterocycles. The van der Waals surface area contributed by atoms with Crippen molar-refractivity contribution < 1.29 is 31.1 Å². The van der Waals surface area contributed by atoms with Crippen LogP contribution in [0.25, 0.3) is 6.08 Å². The van der Waals surface area contributed by atoms with Crippen molar-refractivity contribution in [2.45, 2.75) is 12.4 Å². The molecule has 0 unspecified atom stereocenters. The van der Waals surface area contributed by atoms with Gasteiger partial charge in [0.1, 0.15) is 11.5 Å². The molecule has 3 rings (SSSR count). The first-order valence-corrected chi connectivity index (χ1v) is 7.51. The minimum absolute atomic E-state index is 0.0154. The number of hydrogen-bond donors (Lipinski definition) is 1. The Morgan fingerprint density at radius 1 is 0.852 bits per heavy atom. The summed E-state index contributed by atoms with van der Waals surface area (Å²) < 4.78 is 77.7. The van der Waals surface area contributed by atoms with E-state index < -0.39 is 35.0 Å². The van der Waals surface area contributed by atoms with Crippen LogP contribution < -0.4 is 5.32 Å². The highest BCUT2D eigenvalue weighted by Crippen LogP contribution is 2.36. The van der Waals surface area contributed by atoms with Crippen molar-refractivity contribution in [1.29, 1.82) is 0 Å². The van der Waals surface area contributed by atoms with Crippen LogP contribution in [0.3, 0.4) is 0 Å². The molecule has 0 fully saturated rings. The zero-order valence-corrected chi connectivity index (χ0v) is 13.3. The Hall–Kier alpha value is -3.10. The number of nitrogens with one attached hydrogen (secondary N) is 1. The lowest BCUT2D eigenvalue weighted by atomic mass is 10.0. The summed E-state index contributed by atoms with van der Waals surface area (Å²) in [5.41, 5.74) is -2.97. The van der Waals surface area contributed by atoms with Crippen molar-refractivity contribution in [1.82, 2.24) is 5.32 Å². The molecule has 2 aromatic rings. The molecule has 0 atom stereocenters. The number of alkyl halides is 6. The standard InChI is InChI=1S/C18H10F6N2O/c19-17(20,21)12-7-11(8-13(9-12)18(22,23)24)15-25-14(16(27)26-15)6-10-4-2-1-3-5-10/h1-9H,(H,25,26,27). The largest absolute Gasteiger partial charge is 0.416 e. The zero-order chi connectivity index (χ0) is 19.8. The summed E-state index contributed by atoms with van der Waals surface area (Å²) in [5, 5.41) is 2.21. The highest BCUT2D eigenvalue weighted by atomic mass is 19.4. The maximum absolute atomic E-state index is 13.0. The van der Waals surface area contributed by atoms with E-state index in [9.17, 15) is 31.1 Å². The van der Waals surface area contributed by atoms with E-state index in [4.69, 9.17) is 0 Å². The first-order valence-electron chi connectivity index (χ1n) is 7.51. The lowest BCUT2D eigenvalue weighted by Crippen LogP contribution is -2.25. The lowest BCUT2D eigenvalue weighted by Gasteiger charge is -2.14. The minimum Gasteiger partial charge on any atom is -0.305 e. The minimum atomic E-state index is -4.98. The van der Waals surface area contributed by atoms with E-state index in [0.717, 1.165) is 0 Å². The van der Waals surface area contributed by atoms with Crippen LogP contribution >= 0.6 is 0 Å². The highest BCUT2D eigenvalue weighted by Gasteiger charge is 2.37. The molecule has 0 bridgehead atoms. The van der Waals surface area contributed by atoms with Crippen LogP contribution in [0.4, 0.5) is 26.3 Å². The van der Waals surface area contributed by atoms with E-state index in [0.29, 0.717) is 17.7 Å². The van der Waals surface area contributed by atoms with Gasteiger partial charge in [-0.05, 0) is 29.8 Å². The van der Waals surface area contributed by atoms with Gasteiger partial charge in [-0.2, -0.15) is 26.3 Å². The molecule has 2 aromatic carbocycles. The number of amides is 1. The Labute approximate surface area is 149 Å². The van der Waals surface area contributed by atoms with Crippen LogP contribution in [0, 0.1) is 0 Å². The van der Waals surface area contributed by atoms with Crippen LogP contribution in [0.1, 0.15) is 22.3 Å². The first-order chi connectivity index (χ1) is 12.5. The summed E-state index contributed by atoms with van der Waals surface area (Å²) in [6, 6.07) is 9.52. The summed E-state index contributed by atoms with van der Waals surface area (Å²) in [6.07, 6.45) is -8.59. The molecule has 1 N–H and O–H groups in total. The van der Waals surface area contributed by atoms with Crippen molar-refractivity contribution in [3.05, 3.63) is 76.5 Å². The van der Waals surface area contributed by atoms with Gasteiger partial charge in [-0.15, -0.1) is 0 Å². The van der Waals surface area contributed by atoms with E-state index >= 15 is 0 Å². The predicted octanol–water partition coefficient (Wildman–Crippen LogP) is 4.64. The van der Waals surface area contributed by atoms with Gasteiger partial charge in [0.15, 0.2) is 0 Å². The fourth-order valence-electron chi connectivity index (χ4n) is 2.40. The maximum atomic E-state index is 13.0. The van der Waals surface area contributed by atoms with Crippen molar-refractivity contribution in [2.75, 3.05) is 0 Å². The van der Waals surface area contributed by atoms with Crippen molar-refractivity contribution in [3.8, 4) is 0 Å². The summed E-state index contributed by atoms with van der Waals surface area (Å²) >= 11 is 0. The Morgan fingerprint density at radius 3 is 1.93 bits per heavy atom. The van der Waals surface area contributed by atoms with Crippen molar-refractivity contribution in [3.63, 3.8) is 0 Å². The monoisotopic (exact) mass is 384 g/mol. The number of halogens is 6. The molecular formula is C18H10F6N2O. The molecule has 0 radical (unpaired) electrons. The molecule has 1 heterocycles. The summed E-state index contributed by atoms with van der Waals surface area (Å²) in [5.74, 6) is -1.10. The summed E-state index contributed by atoms with van der Waals surface area (Å²) in [7, 11) is 0. The molecule has 27 heavy (non-hydrogen) atoms. The highest BCUT2D eigenvalue weighted by molar-refractivity contribution is 6.19. The van der Waals surface area contributed by atoms with Gasteiger partial charge in [-0.25, -0.2) is 4.99 Å². The molecule has 0 saturated carbocycles. The van der Waals surface area contributed by atoms with Gasteiger partial charge in [-0.1, -0.05) is 30.3 Å². The number of nitrogens with zero attached hydrogens (tertiary/aromatic N) is 1. The molecule has 0 saturated heterocycles. The number of benzene rings is 2. The van der Waals surface area contributed by atoms with Gasteiger partial charge in [0.05, 0.1) is 11.1 Å². The number of carbonyl (C=O) groups excluding carboxylic acids is 1. The van der Waals surface area contributed by atoms with E-state index in [1.165, 1.54) is 6.08 Å². The Balaban J connectivity index is 2.07. The molecule has 1 amide bonds. The van der Waals surface area contributed by atoms with Gasteiger partial charge in [0.25, 0.3) is 5.91 Å². The number of carbonyl (C=O) groups is 1. The van der Waals surface area contributed by atoms with Gasteiger partial charge in [-0.3, -0.25) is 4.79 Å². The molecule has 0 aromatic heterocycles. The SMILES string of the molecule is O=C1NC(c2cc(C(F)(F)F)cc(C(F)(F)F)c2)=NC1=Cc1ccccc1.